The van der Waals surface area contributed by atoms with Gasteiger partial charge in [0.1, 0.15) is 5.65 Å². The van der Waals surface area contributed by atoms with Crippen molar-refractivity contribution in [1.82, 2.24) is 9.38 Å². The number of aromatic nitrogens is 2. The molecule has 3 aromatic rings. The molecule has 3 nitrogen and oxygen atoms in total. The number of pyridine rings is 1. The highest BCUT2D eigenvalue weighted by molar-refractivity contribution is 5.68. The Kier molecular flexibility index (Phi) is 3.14. The summed E-state index contributed by atoms with van der Waals surface area (Å²) in [6.07, 6.45) is 7.96. The van der Waals surface area contributed by atoms with Gasteiger partial charge in [-0.05, 0) is 61.4 Å². The van der Waals surface area contributed by atoms with Gasteiger partial charge in [0.05, 0.1) is 11.4 Å². The molecule has 4 rings (SSSR count). The molecule has 112 valence electrons. The third kappa shape index (κ3) is 2.08. The molecule has 0 unspecified atom stereocenters. The van der Waals surface area contributed by atoms with Gasteiger partial charge in [-0.25, -0.2) is 4.98 Å². The van der Waals surface area contributed by atoms with Crippen LogP contribution in [0.25, 0.3) is 16.9 Å². The smallest absolute Gasteiger partial charge is 0.137 e. The monoisotopic (exact) mass is 291 g/mol. The van der Waals surface area contributed by atoms with E-state index in [-0.39, 0.29) is 0 Å². The number of aryl methyl sites for hydroxylation is 3. The van der Waals surface area contributed by atoms with Crippen molar-refractivity contribution in [3.8, 4) is 11.3 Å². The number of benzene rings is 1. The number of nitrogen functional groups attached to an aromatic ring is 1. The Morgan fingerprint density at radius 2 is 1.91 bits per heavy atom. The lowest BCUT2D eigenvalue weighted by molar-refractivity contribution is 0.686. The maximum atomic E-state index is 5.94. The number of hydrogen-bond acceptors (Lipinski definition) is 2. The Balaban J connectivity index is 1.90. The molecule has 0 fully saturated rings. The molecule has 0 atom stereocenters. The number of imidazole rings is 1. The number of anilines is 1. The van der Waals surface area contributed by atoms with E-state index in [9.17, 15) is 0 Å². The van der Waals surface area contributed by atoms with Crippen molar-refractivity contribution in [1.29, 1.82) is 0 Å². The van der Waals surface area contributed by atoms with Gasteiger partial charge in [0, 0.05) is 17.4 Å². The van der Waals surface area contributed by atoms with Crippen molar-refractivity contribution in [3.05, 3.63) is 53.3 Å². The normalized spacial score (nSPS) is 14.2. The second kappa shape index (κ2) is 5.16. The van der Waals surface area contributed by atoms with Crippen LogP contribution in [-0.4, -0.2) is 9.38 Å². The van der Waals surface area contributed by atoms with Crippen LogP contribution in [-0.2, 0) is 19.3 Å². The number of rotatable bonds is 2. The number of fused-ring (bicyclic) bond motifs is 2. The van der Waals surface area contributed by atoms with Crippen LogP contribution in [0, 0.1) is 0 Å². The van der Waals surface area contributed by atoms with E-state index in [1.54, 1.807) is 0 Å². The first-order chi connectivity index (χ1) is 10.8. The summed E-state index contributed by atoms with van der Waals surface area (Å²) < 4.78 is 2.13. The van der Waals surface area contributed by atoms with Crippen LogP contribution in [0.3, 0.4) is 0 Å². The van der Waals surface area contributed by atoms with E-state index in [4.69, 9.17) is 10.7 Å². The summed E-state index contributed by atoms with van der Waals surface area (Å²) in [7, 11) is 0. The standard InChI is InChI=1S/C19H21N3/c1-2-17-19(21-18-10-9-16(20)12-22(17)18)15-8-7-13-5-3-4-6-14(13)11-15/h7-12H,2-6,20H2,1H3. The van der Waals surface area contributed by atoms with E-state index in [2.05, 4.69) is 29.5 Å². The molecule has 22 heavy (non-hydrogen) atoms. The van der Waals surface area contributed by atoms with E-state index in [1.165, 1.54) is 48.1 Å². The zero-order valence-electron chi connectivity index (χ0n) is 13.0. The van der Waals surface area contributed by atoms with Crippen LogP contribution in [0.1, 0.15) is 36.6 Å². The third-order valence-electron chi connectivity index (χ3n) is 4.70. The van der Waals surface area contributed by atoms with Gasteiger partial charge in [-0.1, -0.05) is 19.1 Å². The van der Waals surface area contributed by atoms with Gasteiger partial charge in [-0.3, -0.25) is 0 Å². The van der Waals surface area contributed by atoms with E-state index in [1.807, 2.05) is 18.3 Å². The van der Waals surface area contributed by atoms with Gasteiger partial charge in [0.25, 0.3) is 0 Å². The second-order valence-corrected chi connectivity index (χ2v) is 6.14. The molecule has 0 saturated carbocycles. The number of nitrogens with zero attached hydrogens (tertiary/aromatic N) is 2. The van der Waals surface area contributed by atoms with Crippen molar-refractivity contribution in [2.75, 3.05) is 5.73 Å². The van der Waals surface area contributed by atoms with Crippen LogP contribution in [0.15, 0.2) is 36.5 Å². The fraction of sp³-hybridized carbons (Fsp3) is 0.316. The lowest BCUT2D eigenvalue weighted by atomic mass is 9.89. The lowest BCUT2D eigenvalue weighted by Gasteiger charge is -2.16. The summed E-state index contributed by atoms with van der Waals surface area (Å²) in [5, 5.41) is 0. The van der Waals surface area contributed by atoms with Crippen molar-refractivity contribution in [3.63, 3.8) is 0 Å². The highest BCUT2D eigenvalue weighted by atomic mass is 15.0. The fourth-order valence-electron chi connectivity index (χ4n) is 3.56. The van der Waals surface area contributed by atoms with E-state index in [0.29, 0.717) is 0 Å². The Bertz CT molecular complexity index is 845. The van der Waals surface area contributed by atoms with Crippen molar-refractivity contribution in [2.24, 2.45) is 0 Å². The zero-order valence-corrected chi connectivity index (χ0v) is 13.0. The SMILES string of the molecule is CCc1c(-c2ccc3c(c2)CCCC3)nc2ccc(N)cn12. The minimum absolute atomic E-state index is 0.775. The van der Waals surface area contributed by atoms with Crippen LogP contribution in [0.4, 0.5) is 5.69 Å². The quantitative estimate of drug-likeness (QED) is 0.775. The molecule has 2 N–H and O–H groups in total. The van der Waals surface area contributed by atoms with E-state index >= 15 is 0 Å². The van der Waals surface area contributed by atoms with Crippen molar-refractivity contribution >= 4 is 11.3 Å². The third-order valence-corrected chi connectivity index (χ3v) is 4.70. The zero-order chi connectivity index (χ0) is 15.1. The molecular weight excluding hydrogens is 270 g/mol. The van der Waals surface area contributed by atoms with Crippen LogP contribution in [0.5, 0.6) is 0 Å². The first kappa shape index (κ1) is 13.4. The number of nitrogens with two attached hydrogens (primary N) is 1. The van der Waals surface area contributed by atoms with Gasteiger partial charge >= 0.3 is 0 Å². The highest BCUT2D eigenvalue weighted by Gasteiger charge is 2.15. The molecule has 0 spiro atoms. The predicted molar refractivity (Wildman–Crippen MR) is 91.1 cm³/mol. The topological polar surface area (TPSA) is 43.3 Å². The van der Waals surface area contributed by atoms with Gasteiger partial charge in [0.2, 0.25) is 0 Å². The minimum Gasteiger partial charge on any atom is -0.398 e. The second-order valence-electron chi connectivity index (χ2n) is 6.14. The average Bonchev–Trinajstić information content (AvgIpc) is 2.92. The van der Waals surface area contributed by atoms with Crippen LogP contribution >= 0.6 is 0 Å². The molecule has 3 heteroatoms. The Morgan fingerprint density at radius 1 is 1.09 bits per heavy atom. The maximum absolute atomic E-state index is 5.94. The Labute approximate surface area is 130 Å². The van der Waals surface area contributed by atoms with Crippen molar-refractivity contribution < 1.29 is 0 Å². The summed E-state index contributed by atoms with van der Waals surface area (Å²) in [6.45, 7) is 2.18. The first-order valence-electron chi connectivity index (χ1n) is 8.15. The molecule has 0 amide bonds. The molecule has 0 bridgehead atoms. The molecule has 0 saturated heterocycles. The average molecular weight is 291 g/mol. The molecule has 0 aliphatic heterocycles. The Morgan fingerprint density at radius 3 is 2.73 bits per heavy atom. The fourth-order valence-corrected chi connectivity index (χ4v) is 3.56. The van der Waals surface area contributed by atoms with Crippen LogP contribution < -0.4 is 5.73 Å². The molecule has 2 aromatic heterocycles. The first-order valence-corrected chi connectivity index (χ1v) is 8.15. The largest absolute Gasteiger partial charge is 0.398 e. The summed E-state index contributed by atoms with van der Waals surface area (Å²) in [4.78, 5) is 4.85. The summed E-state index contributed by atoms with van der Waals surface area (Å²) >= 11 is 0. The highest BCUT2D eigenvalue weighted by Crippen LogP contribution is 2.30. The Hall–Kier alpha value is -2.29. The molecule has 2 heterocycles. The van der Waals surface area contributed by atoms with Crippen molar-refractivity contribution in [2.45, 2.75) is 39.0 Å². The molecule has 1 aliphatic rings. The van der Waals surface area contributed by atoms with E-state index in [0.717, 1.165) is 23.4 Å². The van der Waals surface area contributed by atoms with Crippen LogP contribution in [0.2, 0.25) is 0 Å². The van der Waals surface area contributed by atoms with Gasteiger partial charge in [-0.2, -0.15) is 0 Å². The van der Waals surface area contributed by atoms with E-state index < -0.39 is 0 Å². The minimum atomic E-state index is 0.775. The summed E-state index contributed by atoms with van der Waals surface area (Å²) in [5.74, 6) is 0. The summed E-state index contributed by atoms with van der Waals surface area (Å²) in [6, 6.07) is 10.8. The molecule has 1 aliphatic carbocycles. The number of hydrogen-bond donors (Lipinski definition) is 1. The van der Waals surface area contributed by atoms with Gasteiger partial charge < -0.3 is 10.1 Å². The summed E-state index contributed by atoms with van der Waals surface area (Å²) in [5.41, 5.74) is 14.3. The predicted octanol–water partition coefficient (Wildman–Crippen LogP) is 4.02. The molecule has 1 aromatic carbocycles. The molecular formula is C19H21N3. The van der Waals surface area contributed by atoms with Gasteiger partial charge in [-0.15, -0.1) is 0 Å². The molecule has 0 radical (unpaired) electrons. The lowest BCUT2D eigenvalue weighted by Crippen LogP contribution is -2.02. The maximum Gasteiger partial charge on any atom is 0.137 e. The van der Waals surface area contributed by atoms with Gasteiger partial charge in [0.15, 0.2) is 0 Å².